The van der Waals surface area contributed by atoms with Gasteiger partial charge in [0.1, 0.15) is 11.6 Å². The van der Waals surface area contributed by atoms with Crippen LogP contribution in [-0.2, 0) is 11.3 Å². The summed E-state index contributed by atoms with van der Waals surface area (Å²) in [6.07, 6.45) is 2.65. The number of amides is 1. The minimum absolute atomic E-state index is 0.0804. The summed E-state index contributed by atoms with van der Waals surface area (Å²) in [4.78, 5) is 14.2. The van der Waals surface area contributed by atoms with Gasteiger partial charge in [-0.15, -0.1) is 0 Å². The molecule has 0 saturated heterocycles. The van der Waals surface area contributed by atoms with Crippen molar-refractivity contribution in [1.29, 1.82) is 0 Å². The molecule has 1 unspecified atom stereocenters. The Hall–Kier alpha value is -1.49. The first-order valence-electron chi connectivity index (χ1n) is 7.44. The van der Waals surface area contributed by atoms with Gasteiger partial charge in [0.05, 0.1) is 6.04 Å². The molecule has 1 amide bonds. The second kappa shape index (κ2) is 6.52. The number of carbonyl (C=O) groups excluding carboxylic acids is 1. The van der Waals surface area contributed by atoms with Crippen molar-refractivity contribution >= 4 is 5.91 Å². The molecule has 0 bridgehead atoms. The van der Waals surface area contributed by atoms with Crippen LogP contribution in [-0.4, -0.2) is 22.9 Å². The van der Waals surface area contributed by atoms with E-state index in [1.54, 1.807) is 4.90 Å². The molecule has 1 fully saturated rings. The van der Waals surface area contributed by atoms with E-state index >= 15 is 0 Å². The quantitative estimate of drug-likeness (QED) is 0.877. The van der Waals surface area contributed by atoms with Gasteiger partial charge < -0.3 is 10.6 Å². The molecule has 21 heavy (non-hydrogen) atoms. The number of hydrogen-bond donors (Lipinski definition) is 1. The normalized spacial score (nSPS) is 17.4. The molecule has 1 aromatic rings. The van der Waals surface area contributed by atoms with Crippen molar-refractivity contribution in [3.63, 3.8) is 0 Å². The van der Waals surface area contributed by atoms with E-state index in [2.05, 4.69) is 0 Å². The fraction of sp³-hybridized carbons (Fsp3) is 0.562. The van der Waals surface area contributed by atoms with E-state index < -0.39 is 17.7 Å². The predicted octanol–water partition coefficient (Wildman–Crippen LogP) is 2.83. The molecule has 1 aliphatic carbocycles. The maximum Gasteiger partial charge on any atom is 0.240 e. The maximum atomic E-state index is 13.8. The van der Waals surface area contributed by atoms with Crippen molar-refractivity contribution in [3.05, 3.63) is 35.4 Å². The molecule has 0 aromatic heterocycles. The lowest BCUT2D eigenvalue weighted by atomic mass is 9.98. The molecule has 2 rings (SSSR count). The van der Waals surface area contributed by atoms with E-state index in [1.807, 2.05) is 13.8 Å². The molecule has 0 radical (unpaired) electrons. The van der Waals surface area contributed by atoms with E-state index in [0.717, 1.165) is 25.3 Å². The number of rotatable bonds is 6. The molecule has 1 saturated carbocycles. The Kier molecular flexibility index (Phi) is 4.93. The van der Waals surface area contributed by atoms with E-state index in [1.165, 1.54) is 12.1 Å². The fourth-order valence-electron chi connectivity index (χ4n) is 2.30. The standard InChI is InChI=1S/C16H22F2N2O/c1-3-10(2)15(19)16(21)20(13-6-7-13)9-11-4-5-12(17)8-14(11)18/h4-5,8,10,13,15H,3,6-7,9,19H2,1-2H3/t10?,15-/m0/s1. The Balaban J connectivity index is 2.14. The molecule has 116 valence electrons. The van der Waals surface area contributed by atoms with E-state index in [-0.39, 0.29) is 24.4 Å². The van der Waals surface area contributed by atoms with Crippen LogP contribution in [0.3, 0.4) is 0 Å². The predicted molar refractivity (Wildman–Crippen MR) is 77.4 cm³/mol. The summed E-state index contributed by atoms with van der Waals surface area (Å²) in [7, 11) is 0. The largest absolute Gasteiger partial charge is 0.334 e. The van der Waals surface area contributed by atoms with Crippen LogP contribution >= 0.6 is 0 Å². The van der Waals surface area contributed by atoms with Crippen molar-refractivity contribution < 1.29 is 13.6 Å². The highest BCUT2D eigenvalue weighted by Crippen LogP contribution is 2.30. The van der Waals surface area contributed by atoms with Gasteiger partial charge in [-0.05, 0) is 24.8 Å². The second-order valence-electron chi connectivity index (χ2n) is 5.84. The average Bonchev–Trinajstić information content (AvgIpc) is 3.28. The second-order valence-corrected chi connectivity index (χ2v) is 5.84. The summed E-state index contributed by atoms with van der Waals surface area (Å²) < 4.78 is 26.7. The lowest BCUT2D eigenvalue weighted by Gasteiger charge is -2.28. The summed E-state index contributed by atoms with van der Waals surface area (Å²) in [5, 5.41) is 0. The van der Waals surface area contributed by atoms with Crippen LogP contribution in [0.4, 0.5) is 8.78 Å². The van der Waals surface area contributed by atoms with Gasteiger partial charge in [-0.3, -0.25) is 4.79 Å². The number of hydrogen-bond acceptors (Lipinski definition) is 2. The minimum Gasteiger partial charge on any atom is -0.334 e. The first kappa shape index (κ1) is 15.9. The number of carbonyl (C=O) groups is 1. The minimum atomic E-state index is -0.620. The smallest absolute Gasteiger partial charge is 0.240 e. The first-order chi connectivity index (χ1) is 9.93. The Labute approximate surface area is 124 Å². The Morgan fingerprint density at radius 2 is 2.10 bits per heavy atom. The third kappa shape index (κ3) is 3.79. The molecule has 2 N–H and O–H groups in total. The van der Waals surface area contributed by atoms with Crippen molar-refractivity contribution in [2.24, 2.45) is 11.7 Å². The van der Waals surface area contributed by atoms with E-state index in [0.29, 0.717) is 5.56 Å². The van der Waals surface area contributed by atoms with Gasteiger partial charge in [-0.25, -0.2) is 8.78 Å². The van der Waals surface area contributed by atoms with Crippen LogP contribution in [0.5, 0.6) is 0 Å². The van der Waals surface area contributed by atoms with Crippen LogP contribution in [0.25, 0.3) is 0 Å². The van der Waals surface area contributed by atoms with Crippen LogP contribution in [0, 0.1) is 17.6 Å². The van der Waals surface area contributed by atoms with Crippen molar-refractivity contribution in [2.45, 2.75) is 51.7 Å². The van der Waals surface area contributed by atoms with Crippen LogP contribution < -0.4 is 5.73 Å². The van der Waals surface area contributed by atoms with Gasteiger partial charge >= 0.3 is 0 Å². The third-order valence-electron chi connectivity index (χ3n) is 4.17. The first-order valence-corrected chi connectivity index (χ1v) is 7.44. The van der Waals surface area contributed by atoms with Crippen LogP contribution in [0.2, 0.25) is 0 Å². The number of nitrogens with two attached hydrogens (primary N) is 1. The van der Waals surface area contributed by atoms with Gasteiger partial charge in [0.25, 0.3) is 0 Å². The summed E-state index contributed by atoms with van der Waals surface area (Å²) in [6, 6.07) is 3.01. The van der Waals surface area contributed by atoms with Crippen LogP contribution in [0.15, 0.2) is 18.2 Å². The highest BCUT2D eigenvalue weighted by molar-refractivity contribution is 5.82. The Morgan fingerprint density at radius 1 is 1.43 bits per heavy atom. The van der Waals surface area contributed by atoms with Crippen molar-refractivity contribution in [3.8, 4) is 0 Å². The lowest BCUT2D eigenvalue weighted by molar-refractivity contribution is -0.135. The van der Waals surface area contributed by atoms with Crippen LogP contribution in [0.1, 0.15) is 38.7 Å². The number of halogens is 2. The molecule has 1 aromatic carbocycles. The van der Waals surface area contributed by atoms with Gasteiger partial charge in [-0.2, -0.15) is 0 Å². The van der Waals surface area contributed by atoms with E-state index in [4.69, 9.17) is 5.73 Å². The number of benzene rings is 1. The summed E-state index contributed by atoms with van der Waals surface area (Å²) >= 11 is 0. The summed E-state index contributed by atoms with van der Waals surface area (Å²) in [5.74, 6) is -1.30. The fourth-order valence-corrected chi connectivity index (χ4v) is 2.30. The highest BCUT2D eigenvalue weighted by atomic mass is 19.1. The van der Waals surface area contributed by atoms with E-state index in [9.17, 15) is 13.6 Å². The molecule has 5 heteroatoms. The molecule has 3 nitrogen and oxygen atoms in total. The zero-order valence-corrected chi connectivity index (χ0v) is 12.5. The summed E-state index contributed by atoms with van der Waals surface area (Å²) in [5.41, 5.74) is 6.34. The van der Waals surface area contributed by atoms with Gasteiger partial charge in [0.15, 0.2) is 0 Å². The van der Waals surface area contributed by atoms with Gasteiger partial charge in [0, 0.05) is 24.2 Å². The third-order valence-corrected chi connectivity index (χ3v) is 4.17. The highest BCUT2D eigenvalue weighted by Gasteiger charge is 2.36. The monoisotopic (exact) mass is 296 g/mol. The Morgan fingerprint density at radius 3 is 2.62 bits per heavy atom. The maximum absolute atomic E-state index is 13.8. The molecule has 1 aliphatic rings. The zero-order valence-electron chi connectivity index (χ0n) is 12.5. The van der Waals surface area contributed by atoms with Gasteiger partial charge in [0.2, 0.25) is 5.91 Å². The molecule has 0 spiro atoms. The van der Waals surface area contributed by atoms with Crippen molar-refractivity contribution in [2.75, 3.05) is 0 Å². The molecule has 0 aliphatic heterocycles. The molecular formula is C16H22F2N2O. The zero-order chi connectivity index (χ0) is 15.6. The molecule has 2 atom stereocenters. The van der Waals surface area contributed by atoms with Gasteiger partial charge in [-0.1, -0.05) is 26.3 Å². The SMILES string of the molecule is CCC(C)[C@H](N)C(=O)N(Cc1ccc(F)cc1F)C1CC1. The lowest BCUT2D eigenvalue weighted by Crippen LogP contribution is -2.47. The molecule has 0 heterocycles. The number of nitrogens with zero attached hydrogens (tertiary/aromatic N) is 1. The average molecular weight is 296 g/mol. The summed E-state index contributed by atoms with van der Waals surface area (Å²) in [6.45, 7) is 4.07. The van der Waals surface area contributed by atoms with Crippen molar-refractivity contribution in [1.82, 2.24) is 4.90 Å². The topological polar surface area (TPSA) is 46.3 Å². The molecular weight excluding hydrogens is 274 g/mol. The Bertz CT molecular complexity index is 517.